The van der Waals surface area contributed by atoms with Crippen LogP contribution in [0.25, 0.3) is 0 Å². The van der Waals surface area contributed by atoms with Crippen molar-refractivity contribution in [2.45, 2.75) is 25.7 Å². The second-order valence-electron chi connectivity index (χ2n) is 4.51. The van der Waals surface area contributed by atoms with E-state index in [0.29, 0.717) is 13.2 Å². The van der Waals surface area contributed by atoms with Gasteiger partial charge in [-0.1, -0.05) is 25.0 Å². The van der Waals surface area contributed by atoms with E-state index in [1.54, 1.807) is 0 Å². The quantitative estimate of drug-likeness (QED) is 0.869. The van der Waals surface area contributed by atoms with Crippen LogP contribution in [0.1, 0.15) is 25.7 Å². The summed E-state index contributed by atoms with van der Waals surface area (Å²) in [5.41, 5.74) is 6.72. The number of ether oxygens (including phenoxy) is 1. The number of hydrogen-bond donors (Lipinski definition) is 1. The minimum absolute atomic E-state index is 0.564. The van der Waals surface area contributed by atoms with Gasteiger partial charge in [-0.05, 0) is 25.0 Å². The Bertz CT molecular complexity index is 333. The van der Waals surface area contributed by atoms with Crippen molar-refractivity contribution in [2.75, 3.05) is 31.1 Å². The highest BCUT2D eigenvalue weighted by Gasteiger charge is 2.13. The first-order valence-electron chi connectivity index (χ1n) is 6.58. The fraction of sp³-hybridized carbons (Fsp3) is 0.571. The molecule has 3 heteroatoms. The summed E-state index contributed by atoms with van der Waals surface area (Å²) in [7, 11) is 0. The predicted octanol–water partition coefficient (Wildman–Crippen LogP) is 2.40. The van der Waals surface area contributed by atoms with Crippen LogP contribution in [0.5, 0.6) is 5.75 Å². The number of nitrogens with zero attached hydrogens (tertiary/aromatic N) is 1. The summed E-state index contributed by atoms with van der Waals surface area (Å²) in [6.45, 7) is 3.44. The SMILES string of the molecule is NCCOc1ccccc1N1CCCCCC1. The van der Waals surface area contributed by atoms with Crippen molar-refractivity contribution >= 4 is 5.69 Å². The van der Waals surface area contributed by atoms with Gasteiger partial charge in [-0.2, -0.15) is 0 Å². The van der Waals surface area contributed by atoms with E-state index in [1.807, 2.05) is 12.1 Å². The molecule has 2 N–H and O–H groups in total. The highest BCUT2D eigenvalue weighted by atomic mass is 16.5. The van der Waals surface area contributed by atoms with Gasteiger partial charge in [0.05, 0.1) is 5.69 Å². The van der Waals surface area contributed by atoms with Crippen molar-refractivity contribution in [3.05, 3.63) is 24.3 Å². The van der Waals surface area contributed by atoms with Crippen molar-refractivity contribution < 1.29 is 4.74 Å². The molecule has 0 aliphatic carbocycles. The lowest BCUT2D eigenvalue weighted by Crippen LogP contribution is -2.24. The third-order valence-corrected chi connectivity index (χ3v) is 3.19. The van der Waals surface area contributed by atoms with Crippen LogP contribution in [-0.2, 0) is 0 Å². The molecule has 1 aliphatic rings. The Balaban J connectivity index is 2.11. The number of nitrogens with two attached hydrogens (primary N) is 1. The molecule has 1 saturated heterocycles. The highest BCUT2D eigenvalue weighted by Crippen LogP contribution is 2.29. The Kier molecular flexibility index (Phi) is 4.68. The van der Waals surface area contributed by atoms with Crippen molar-refractivity contribution in [1.82, 2.24) is 0 Å². The monoisotopic (exact) mass is 234 g/mol. The molecular weight excluding hydrogens is 212 g/mol. The summed E-state index contributed by atoms with van der Waals surface area (Å²) in [6, 6.07) is 8.29. The maximum atomic E-state index is 5.71. The van der Waals surface area contributed by atoms with Gasteiger partial charge in [-0.25, -0.2) is 0 Å². The zero-order valence-electron chi connectivity index (χ0n) is 10.4. The first-order chi connectivity index (χ1) is 8.42. The van der Waals surface area contributed by atoms with E-state index in [0.717, 1.165) is 18.8 Å². The van der Waals surface area contributed by atoms with Gasteiger partial charge in [0.15, 0.2) is 0 Å². The molecule has 1 heterocycles. The predicted molar refractivity (Wildman–Crippen MR) is 71.7 cm³/mol. The summed E-state index contributed by atoms with van der Waals surface area (Å²) < 4.78 is 5.71. The third kappa shape index (κ3) is 3.37. The molecule has 0 aromatic heterocycles. The summed E-state index contributed by atoms with van der Waals surface area (Å²) in [5.74, 6) is 0.972. The maximum absolute atomic E-state index is 5.71. The Morgan fingerprint density at radius 3 is 2.47 bits per heavy atom. The lowest BCUT2D eigenvalue weighted by molar-refractivity contribution is 0.328. The number of para-hydroxylation sites is 2. The van der Waals surface area contributed by atoms with Crippen LogP contribution in [0.2, 0.25) is 0 Å². The van der Waals surface area contributed by atoms with Crippen molar-refractivity contribution in [2.24, 2.45) is 5.73 Å². The van der Waals surface area contributed by atoms with Gasteiger partial charge in [0.1, 0.15) is 12.4 Å². The molecule has 1 aromatic carbocycles. The molecule has 0 saturated carbocycles. The summed E-state index contributed by atoms with van der Waals surface area (Å²) in [5, 5.41) is 0. The maximum Gasteiger partial charge on any atom is 0.142 e. The first-order valence-corrected chi connectivity index (χ1v) is 6.58. The van der Waals surface area contributed by atoms with Crippen molar-refractivity contribution in [3.8, 4) is 5.75 Å². The summed E-state index contributed by atoms with van der Waals surface area (Å²) in [4.78, 5) is 2.44. The van der Waals surface area contributed by atoms with Crippen LogP contribution < -0.4 is 15.4 Å². The Morgan fingerprint density at radius 1 is 1.06 bits per heavy atom. The minimum atomic E-state index is 0.564. The Morgan fingerprint density at radius 2 is 1.76 bits per heavy atom. The fourth-order valence-electron chi connectivity index (χ4n) is 2.32. The largest absolute Gasteiger partial charge is 0.490 e. The smallest absolute Gasteiger partial charge is 0.142 e. The van der Waals surface area contributed by atoms with E-state index in [4.69, 9.17) is 10.5 Å². The lowest BCUT2D eigenvalue weighted by atomic mass is 10.2. The number of anilines is 1. The Labute approximate surface area is 104 Å². The van der Waals surface area contributed by atoms with Crippen LogP contribution in [0.15, 0.2) is 24.3 Å². The molecule has 0 atom stereocenters. The molecular formula is C14H22N2O. The van der Waals surface area contributed by atoms with Gasteiger partial charge in [0, 0.05) is 19.6 Å². The fourth-order valence-corrected chi connectivity index (χ4v) is 2.32. The molecule has 1 aromatic rings. The van der Waals surface area contributed by atoms with E-state index in [9.17, 15) is 0 Å². The van der Waals surface area contributed by atoms with Crippen LogP contribution in [-0.4, -0.2) is 26.2 Å². The molecule has 1 aliphatic heterocycles. The molecule has 0 radical (unpaired) electrons. The third-order valence-electron chi connectivity index (χ3n) is 3.19. The molecule has 0 unspecified atom stereocenters. The first kappa shape index (κ1) is 12.2. The van der Waals surface area contributed by atoms with Crippen LogP contribution >= 0.6 is 0 Å². The van der Waals surface area contributed by atoms with Gasteiger partial charge in [-0.15, -0.1) is 0 Å². The normalized spacial score (nSPS) is 16.6. The molecule has 3 nitrogen and oxygen atoms in total. The average molecular weight is 234 g/mol. The molecule has 0 amide bonds. The summed E-state index contributed by atoms with van der Waals surface area (Å²) in [6.07, 6.45) is 5.26. The Hall–Kier alpha value is -1.22. The van der Waals surface area contributed by atoms with Gasteiger partial charge < -0.3 is 15.4 Å². The molecule has 0 bridgehead atoms. The van der Waals surface area contributed by atoms with Crippen molar-refractivity contribution in [1.29, 1.82) is 0 Å². The van der Waals surface area contributed by atoms with Crippen LogP contribution in [0, 0.1) is 0 Å². The summed E-state index contributed by atoms with van der Waals surface area (Å²) >= 11 is 0. The molecule has 17 heavy (non-hydrogen) atoms. The lowest BCUT2D eigenvalue weighted by Gasteiger charge is -2.25. The minimum Gasteiger partial charge on any atom is -0.490 e. The molecule has 2 rings (SSSR count). The van der Waals surface area contributed by atoms with E-state index in [2.05, 4.69) is 17.0 Å². The zero-order chi connectivity index (χ0) is 11.9. The average Bonchev–Trinajstić information content (AvgIpc) is 2.65. The highest BCUT2D eigenvalue weighted by molar-refractivity contribution is 5.58. The van der Waals surface area contributed by atoms with Gasteiger partial charge in [0.2, 0.25) is 0 Å². The van der Waals surface area contributed by atoms with Gasteiger partial charge >= 0.3 is 0 Å². The van der Waals surface area contributed by atoms with Crippen LogP contribution in [0.4, 0.5) is 5.69 Å². The zero-order valence-corrected chi connectivity index (χ0v) is 10.4. The molecule has 0 spiro atoms. The van der Waals surface area contributed by atoms with Gasteiger partial charge in [0.25, 0.3) is 0 Å². The topological polar surface area (TPSA) is 38.5 Å². The van der Waals surface area contributed by atoms with E-state index < -0.39 is 0 Å². The standard InChI is InChI=1S/C14H22N2O/c15-9-12-17-14-8-4-3-7-13(14)16-10-5-1-2-6-11-16/h3-4,7-8H,1-2,5-6,9-12,15H2. The van der Waals surface area contributed by atoms with E-state index in [1.165, 1.54) is 31.4 Å². The molecule has 94 valence electrons. The van der Waals surface area contributed by atoms with E-state index >= 15 is 0 Å². The van der Waals surface area contributed by atoms with Crippen LogP contribution in [0.3, 0.4) is 0 Å². The second kappa shape index (κ2) is 6.50. The van der Waals surface area contributed by atoms with Gasteiger partial charge in [-0.3, -0.25) is 0 Å². The second-order valence-corrected chi connectivity index (χ2v) is 4.51. The van der Waals surface area contributed by atoms with E-state index in [-0.39, 0.29) is 0 Å². The number of rotatable bonds is 4. The number of benzene rings is 1. The number of hydrogen-bond acceptors (Lipinski definition) is 3. The molecule has 1 fully saturated rings. The van der Waals surface area contributed by atoms with Crippen molar-refractivity contribution in [3.63, 3.8) is 0 Å².